The predicted octanol–water partition coefficient (Wildman–Crippen LogP) is 1.49. The Balaban J connectivity index is 2.40. The molecule has 1 amide bonds. The molecule has 0 aliphatic rings. The Morgan fingerprint density at radius 3 is 2.56 bits per heavy atom. The molecule has 0 atom stereocenters. The van der Waals surface area contributed by atoms with E-state index in [0.29, 0.717) is 0 Å². The number of nitrogens with zero attached hydrogens (tertiary/aromatic N) is 1. The van der Waals surface area contributed by atoms with Gasteiger partial charge in [0.2, 0.25) is 0 Å². The Morgan fingerprint density at radius 2 is 2.00 bits per heavy atom. The number of hydrogen-bond acceptors (Lipinski definition) is 2. The van der Waals surface area contributed by atoms with Gasteiger partial charge in [0.1, 0.15) is 0 Å². The minimum Gasteiger partial charge on any atom is -0.331 e. The fraction of sp³-hybridized carbons (Fsp3) is 0.250. The maximum Gasteiger partial charge on any atom is 0.318 e. The van der Waals surface area contributed by atoms with E-state index in [2.05, 4.69) is 27.9 Å². The first kappa shape index (κ1) is 13.9. The van der Waals surface area contributed by atoms with Gasteiger partial charge in [0.25, 0.3) is 6.54 Å². The van der Waals surface area contributed by atoms with Crippen LogP contribution in [0.25, 0.3) is 4.85 Å². The second-order valence-electron chi connectivity index (χ2n) is 3.49. The lowest BCUT2D eigenvalue weighted by Crippen LogP contribution is -2.44. The fourth-order valence-electron chi connectivity index (χ4n) is 1.22. The van der Waals surface area contributed by atoms with Crippen LogP contribution in [0.15, 0.2) is 24.3 Å². The maximum absolute atomic E-state index is 11.0. The number of carbonyl (C=O) groups is 1. The predicted molar refractivity (Wildman–Crippen MR) is 74.8 cm³/mol. The summed E-state index contributed by atoms with van der Waals surface area (Å²) in [5.74, 6) is -0.421. The molecule has 0 fully saturated rings. The molecule has 6 heteroatoms. The number of aryl methyl sites for hydroxylation is 1. The number of anilines is 1. The third-order valence-electron chi connectivity index (χ3n) is 2.16. The lowest BCUT2D eigenvalue weighted by Gasteiger charge is -2.10. The van der Waals surface area contributed by atoms with E-state index in [1.54, 1.807) is 0 Å². The molecule has 18 heavy (non-hydrogen) atoms. The molecule has 94 valence electrons. The molecular weight excluding hydrogens is 248 g/mol. The summed E-state index contributed by atoms with van der Waals surface area (Å²) < 4.78 is 0. The highest BCUT2D eigenvalue weighted by molar-refractivity contribution is 7.80. The molecule has 0 bridgehead atoms. The van der Waals surface area contributed by atoms with Crippen molar-refractivity contribution >= 4 is 28.9 Å². The Hall–Kier alpha value is -2.13. The zero-order valence-electron chi connectivity index (χ0n) is 9.99. The van der Waals surface area contributed by atoms with E-state index in [4.69, 9.17) is 18.8 Å². The summed E-state index contributed by atoms with van der Waals surface area (Å²) in [6, 6.07) is 7.83. The Kier molecular flexibility index (Phi) is 5.61. The summed E-state index contributed by atoms with van der Waals surface area (Å²) in [7, 11) is 0. The number of thiocarbonyl (C=S) groups is 1. The molecule has 0 aliphatic heterocycles. The molecule has 1 rings (SSSR count). The third-order valence-corrected chi connectivity index (χ3v) is 2.36. The summed E-state index contributed by atoms with van der Waals surface area (Å²) in [6.07, 6.45) is 0.982. The number of amides is 1. The van der Waals surface area contributed by atoms with Crippen molar-refractivity contribution < 1.29 is 4.79 Å². The van der Waals surface area contributed by atoms with Gasteiger partial charge in [-0.3, -0.25) is 15.6 Å². The number of benzene rings is 1. The van der Waals surface area contributed by atoms with Crippen LogP contribution in [0.4, 0.5) is 5.69 Å². The van der Waals surface area contributed by atoms with Gasteiger partial charge in [-0.1, -0.05) is 19.1 Å². The standard InChI is InChI=1S/C12H14N4OS/c1-3-9-4-6-10(7-5-9)14-12(18)16-15-11(17)8-13-2/h4-7H,3,8H2,1H3,(H,15,17)(H2,14,16,18). The molecule has 0 saturated carbocycles. The first-order valence-corrected chi connectivity index (χ1v) is 5.84. The van der Waals surface area contributed by atoms with Gasteiger partial charge in [0.15, 0.2) is 5.11 Å². The Labute approximate surface area is 111 Å². The van der Waals surface area contributed by atoms with Gasteiger partial charge >= 0.3 is 5.91 Å². The summed E-state index contributed by atoms with van der Waals surface area (Å²) >= 11 is 4.99. The zero-order valence-corrected chi connectivity index (χ0v) is 10.8. The first-order valence-electron chi connectivity index (χ1n) is 5.43. The molecule has 5 nitrogen and oxygen atoms in total. The molecular formula is C12H14N4OS. The smallest absolute Gasteiger partial charge is 0.318 e. The summed E-state index contributed by atoms with van der Waals surface area (Å²) in [6.45, 7) is 8.39. The van der Waals surface area contributed by atoms with Crippen LogP contribution in [0.1, 0.15) is 12.5 Å². The van der Waals surface area contributed by atoms with Crippen molar-refractivity contribution in [3.63, 3.8) is 0 Å². The van der Waals surface area contributed by atoms with Crippen molar-refractivity contribution in [1.82, 2.24) is 10.9 Å². The van der Waals surface area contributed by atoms with Crippen molar-refractivity contribution in [3.8, 4) is 0 Å². The van der Waals surface area contributed by atoms with Crippen molar-refractivity contribution in [2.24, 2.45) is 0 Å². The first-order chi connectivity index (χ1) is 8.65. The SMILES string of the molecule is [C-]#[N+]CC(=O)NNC(=S)Nc1ccc(CC)cc1. The molecule has 0 heterocycles. The van der Waals surface area contributed by atoms with E-state index < -0.39 is 5.91 Å². The maximum atomic E-state index is 11.0. The van der Waals surface area contributed by atoms with E-state index >= 15 is 0 Å². The lowest BCUT2D eigenvalue weighted by atomic mass is 10.1. The van der Waals surface area contributed by atoms with Crippen molar-refractivity contribution in [3.05, 3.63) is 41.2 Å². The third kappa shape index (κ3) is 4.80. The van der Waals surface area contributed by atoms with Crippen molar-refractivity contribution in [2.45, 2.75) is 13.3 Å². The van der Waals surface area contributed by atoms with Gasteiger partial charge in [0, 0.05) is 5.69 Å². The molecule has 0 radical (unpaired) electrons. The van der Waals surface area contributed by atoms with E-state index in [-0.39, 0.29) is 11.7 Å². The van der Waals surface area contributed by atoms with E-state index in [9.17, 15) is 4.79 Å². The van der Waals surface area contributed by atoms with Gasteiger partial charge in [-0.2, -0.15) is 0 Å². The molecule has 1 aromatic carbocycles. The number of nitrogens with one attached hydrogen (secondary N) is 3. The number of carbonyl (C=O) groups excluding carboxylic acids is 1. The zero-order chi connectivity index (χ0) is 13.4. The minimum atomic E-state index is -0.421. The largest absolute Gasteiger partial charge is 0.331 e. The number of rotatable bonds is 3. The van der Waals surface area contributed by atoms with Gasteiger partial charge in [-0.15, -0.1) is 0 Å². The minimum absolute atomic E-state index is 0.221. The van der Waals surface area contributed by atoms with Crippen molar-refractivity contribution in [2.75, 3.05) is 11.9 Å². The summed E-state index contributed by atoms with van der Waals surface area (Å²) in [4.78, 5) is 14.0. The topological polar surface area (TPSA) is 57.5 Å². The molecule has 0 aliphatic carbocycles. The van der Waals surface area contributed by atoms with Crippen LogP contribution in [0, 0.1) is 6.57 Å². The highest BCUT2D eigenvalue weighted by atomic mass is 32.1. The number of hydrogen-bond donors (Lipinski definition) is 3. The molecule has 1 aromatic rings. The second-order valence-corrected chi connectivity index (χ2v) is 3.90. The monoisotopic (exact) mass is 262 g/mol. The van der Waals surface area contributed by atoms with Crippen LogP contribution in [-0.4, -0.2) is 17.6 Å². The average molecular weight is 262 g/mol. The average Bonchev–Trinajstić information content (AvgIpc) is 2.38. The lowest BCUT2D eigenvalue weighted by molar-refractivity contribution is -0.119. The van der Waals surface area contributed by atoms with E-state index in [1.807, 2.05) is 24.3 Å². The van der Waals surface area contributed by atoms with Crippen LogP contribution >= 0.6 is 12.2 Å². The quantitative estimate of drug-likeness (QED) is 0.439. The van der Waals surface area contributed by atoms with Crippen LogP contribution in [0.2, 0.25) is 0 Å². The second kappa shape index (κ2) is 7.25. The van der Waals surface area contributed by atoms with Crippen molar-refractivity contribution in [1.29, 1.82) is 0 Å². The Bertz CT molecular complexity index is 464. The molecule has 0 saturated heterocycles. The van der Waals surface area contributed by atoms with E-state index in [0.717, 1.165) is 12.1 Å². The van der Waals surface area contributed by atoms with Crippen LogP contribution in [-0.2, 0) is 11.2 Å². The van der Waals surface area contributed by atoms with E-state index in [1.165, 1.54) is 5.56 Å². The van der Waals surface area contributed by atoms with Crippen LogP contribution < -0.4 is 16.2 Å². The van der Waals surface area contributed by atoms with Gasteiger partial charge in [-0.25, -0.2) is 6.57 Å². The van der Waals surface area contributed by atoms with Gasteiger partial charge in [0.05, 0.1) is 0 Å². The summed E-state index contributed by atoms with van der Waals surface area (Å²) in [5.41, 5.74) is 6.92. The van der Waals surface area contributed by atoms with Crippen LogP contribution in [0.5, 0.6) is 0 Å². The van der Waals surface area contributed by atoms with Gasteiger partial charge < -0.3 is 10.2 Å². The highest BCUT2D eigenvalue weighted by Crippen LogP contribution is 2.09. The molecule has 0 unspecified atom stereocenters. The molecule has 0 spiro atoms. The highest BCUT2D eigenvalue weighted by Gasteiger charge is 2.03. The molecule has 3 N–H and O–H groups in total. The fourth-order valence-corrected chi connectivity index (χ4v) is 1.39. The molecule has 0 aromatic heterocycles. The normalized spacial score (nSPS) is 9.11. The Morgan fingerprint density at radius 1 is 1.33 bits per heavy atom. The summed E-state index contributed by atoms with van der Waals surface area (Å²) in [5, 5.41) is 3.19. The van der Waals surface area contributed by atoms with Crippen LogP contribution in [0.3, 0.4) is 0 Å². The van der Waals surface area contributed by atoms with Gasteiger partial charge in [-0.05, 0) is 36.3 Å². The number of hydrazine groups is 1.